The van der Waals surface area contributed by atoms with Gasteiger partial charge >= 0.3 is 5.97 Å². The lowest BCUT2D eigenvalue weighted by Crippen LogP contribution is -2.23. The average molecular weight is 247 g/mol. The second kappa shape index (κ2) is 4.29. The van der Waals surface area contributed by atoms with Gasteiger partial charge in [-0.05, 0) is 25.0 Å². The third kappa shape index (κ3) is 1.79. The van der Waals surface area contributed by atoms with Crippen LogP contribution in [-0.2, 0) is 17.8 Å². The number of hydrogen-bond acceptors (Lipinski definition) is 4. The molecule has 2 aromatic rings. The van der Waals surface area contributed by atoms with E-state index in [1.807, 2.05) is 16.7 Å². The third-order valence-corrected chi connectivity index (χ3v) is 3.25. The van der Waals surface area contributed by atoms with Crippen LogP contribution in [0.4, 0.5) is 0 Å². The van der Waals surface area contributed by atoms with E-state index in [2.05, 4.69) is 10.2 Å². The van der Waals surface area contributed by atoms with Gasteiger partial charge in [0.2, 0.25) is 0 Å². The van der Waals surface area contributed by atoms with Crippen molar-refractivity contribution in [1.29, 1.82) is 0 Å². The largest absolute Gasteiger partial charge is 0.481 e. The Kier molecular flexibility index (Phi) is 2.62. The van der Waals surface area contributed by atoms with Gasteiger partial charge in [0.1, 0.15) is 23.3 Å². The van der Waals surface area contributed by atoms with Crippen molar-refractivity contribution >= 4 is 5.97 Å². The third-order valence-electron chi connectivity index (χ3n) is 3.25. The molecule has 94 valence electrons. The molecular formula is C12H13N3O3. The summed E-state index contributed by atoms with van der Waals surface area (Å²) in [6.07, 6.45) is 3.64. The van der Waals surface area contributed by atoms with Gasteiger partial charge in [0.15, 0.2) is 0 Å². The highest BCUT2D eigenvalue weighted by molar-refractivity contribution is 5.75. The van der Waals surface area contributed by atoms with Crippen LogP contribution in [0.25, 0.3) is 0 Å². The number of aliphatic carboxylic acids is 1. The van der Waals surface area contributed by atoms with E-state index in [1.54, 1.807) is 6.26 Å². The number of carboxylic acids is 1. The van der Waals surface area contributed by atoms with E-state index in [0.29, 0.717) is 18.7 Å². The maximum Gasteiger partial charge on any atom is 0.314 e. The number of furan rings is 1. The Hall–Kier alpha value is -2.11. The van der Waals surface area contributed by atoms with Crippen molar-refractivity contribution in [1.82, 2.24) is 14.8 Å². The van der Waals surface area contributed by atoms with Crippen LogP contribution < -0.4 is 0 Å². The molecule has 3 rings (SSSR count). The topological polar surface area (TPSA) is 81.1 Å². The van der Waals surface area contributed by atoms with Gasteiger partial charge in [-0.3, -0.25) is 4.79 Å². The van der Waals surface area contributed by atoms with Crippen molar-refractivity contribution in [3.05, 3.63) is 35.8 Å². The van der Waals surface area contributed by atoms with E-state index in [0.717, 1.165) is 24.6 Å². The molecule has 1 atom stereocenters. The molecular weight excluding hydrogens is 234 g/mol. The van der Waals surface area contributed by atoms with E-state index in [-0.39, 0.29) is 0 Å². The number of carbonyl (C=O) groups is 1. The van der Waals surface area contributed by atoms with Crippen LogP contribution in [0.2, 0.25) is 0 Å². The zero-order valence-corrected chi connectivity index (χ0v) is 9.74. The summed E-state index contributed by atoms with van der Waals surface area (Å²) >= 11 is 0. The Labute approximate surface area is 103 Å². The van der Waals surface area contributed by atoms with Crippen LogP contribution in [0.5, 0.6) is 0 Å². The lowest BCUT2D eigenvalue weighted by atomic mass is 9.99. The van der Waals surface area contributed by atoms with Gasteiger partial charge in [-0.15, -0.1) is 10.2 Å². The fourth-order valence-corrected chi connectivity index (χ4v) is 2.37. The van der Waals surface area contributed by atoms with Crippen molar-refractivity contribution in [2.24, 2.45) is 0 Å². The predicted octanol–water partition coefficient (Wildman–Crippen LogP) is 1.42. The number of fused-ring (bicyclic) bond motifs is 1. The first-order valence-corrected chi connectivity index (χ1v) is 5.93. The van der Waals surface area contributed by atoms with Gasteiger partial charge in [-0.2, -0.15) is 0 Å². The first-order chi connectivity index (χ1) is 8.75. The van der Waals surface area contributed by atoms with Gasteiger partial charge in [-0.1, -0.05) is 0 Å². The minimum absolute atomic E-state index is 0.531. The summed E-state index contributed by atoms with van der Waals surface area (Å²) in [7, 11) is 0. The molecule has 0 saturated carbocycles. The number of rotatable bonds is 3. The van der Waals surface area contributed by atoms with Gasteiger partial charge in [-0.25, -0.2) is 0 Å². The molecule has 0 spiro atoms. The molecule has 2 aromatic heterocycles. The summed E-state index contributed by atoms with van der Waals surface area (Å²) in [4.78, 5) is 11.1. The van der Waals surface area contributed by atoms with Crippen molar-refractivity contribution in [2.75, 3.05) is 0 Å². The van der Waals surface area contributed by atoms with Crippen molar-refractivity contribution in [3.8, 4) is 0 Å². The second-order valence-electron chi connectivity index (χ2n) is 4.42. The van der Waals surface area contributed by atoms with E-state index >= 15 is 0 Å². The molecule has 1 N–H and O–H groups in total. The van der Waals surface area contributed by atoms with Crippen molar-refractivity contribution < 1.29 is 14.3 Å². The summed E-state index contributed by atoms with van der Waals surface area (Å²) in [5.41, 5.74) is 0. The molecule has 6 nitrogen and oxygen atoms in total. The first-order valence-electron chi connectivity index (χ1n) is 5.93. The highest BCUT2D eigenvalue weighted by Crippen LogP contribution is 2.27. The minimum atomic E-state index is -0.826. The standard InChI is InChI=1S/C12H13N3O3/c16-12(17)9-4-1-5-15-10(13-14-11(9)15)7-8-3-2-6-18-8/h2-3,6,9H,1,4-5,7H2,(H,16,17). The van der Waals surface area contributed by atoms with Crippen molar-refractivity contribution in [3.63, 3.8) is 0 Å². The molecule has 0 saturated heterocycles. The van der Waals surface area contributed by atoms with Crippen LogP contribution >= 0.6 is 0 Å². The highest BCUT2D eigenvalue weighted by Gasteiger charge is 2.30. The maximum atomic E-state index is 11.1. The molecule has 0 aliphatic carbocycles. The second-order valence-corrected chi connectivity index (χ2v) is 4.42. The first kappa shape index (κ1) is 11.0. The number of hydrogen-bond donors (Lipinski definition) is 1. The molecule has 0 amide bonds. The summed E-state index contributed by atoms with van der Waals surface area (Å²) in [5.74, 6) is 0.786. The molecule has 3 heterocycles. The van der Waals surface area contributed by atoms with Gasteiger partial charge < -0.3 is 14.1 Å². The number of nitrogens with zero attached hydrogens (tertiary/aromatic N) is 3. The van der Waals surface area contributed by atoms with Crippen LogP contribution in [0, 0.1) is 0 Å². The Bertz CT molecular complexity index is 559. The number of aromatic nitrogens is 3. The Morgan fingerprint density at radius 3 is 3.17 bits per heavy atom. The molecule has 0 radical (unpaired) electrons. The zero-order valence-electron chi connectivity index (χ0n) is 9.74. The lowest BCUT2D eigenvalue weighted by molar-refractivity contribution is -0.139. The van der Waals surface area contributed by atoms with Crippen LogP contribution in [0.15, 0.2) is 22.8 Å². The molecule has 1 aliphatic rings. The molecule has 1 unspecified atom stereocenters. The molecule has 1 aliphatic heterocycles. The number of carboxylic acid groups (broad SMARTS) is 1. The van der Waals surface area contributed by atoms with Crippen molar-refractivity contribution in [2.45, 2.75) is 31.7 Å². The Morgan fingerprint density at radius 2 is 2.44 bits per heavy atom. The maximum absolute atomic E-state index is 11.1. The molecule has 0 aromatic carbocycles. The summed E-state index contributed by atoms with van der Waals surface area (Å²) in [6, 6.07) is 3.70. The predicted molar refractivity (Wildman–Crippen MR) is 61.1 cm³/mol. The van der Waals surface area contributed by atoms with E-state index in [9.17, 15) is 4.79 Å². The molecule has 18 heavy (non-hydrogen) atoms. The molecule has 6 heteroatoms. The van der Waals surface area contributed by atoms with Crippen LogP contribution in [-0.4, -0.2) is 25.8 Å². The monoisotopic (exact) mass is 247 g/mol. The fraction of sp³-hybridized carbons (Fsp3) is 0.417. The minimum Gasteiger partial charge on any atom is -0.481 e. The summed E-state index contributed by atoms with van der Waals surface area (Å²) in [6.45, 7) is 0.780. The quantitative estimate of drug-likeness (QED) is 0.887. The van der Waals surface area contributed by atoms with E-state index < -0.39 is 11.9 Å². The highest BCUT2D eigenvalue weighted by atomic mass is 16.4. The summed E-state index contributed by atoms with van der Waals surface area (Å²) in [5, 5.41) is 17.3. The molecule has 0 bridgehead atoms. The summed E-state index contributed by atoms with van der Waals surface area (Å²) < 4.78 is 7.18. The van der Waals surface area contributed by atoms with E-state index in [4.69, 9.17) is 9.52 Å². The Morgan fingerprint density at radius 1 is 1.56 bits per heavy atom. The normalized spacial score (nSPS) is 18.6. The molecule has 0 fully saturated rings. The van der Waals surface area contributed by atoms with Gasteiger partial charge in [0.05, 0.1) is 12.7 Å². The average Bonchev–Trinajstić information content (AvgIpc) is 2.99. The van der Waals surface area contributed by atoms with Gasteiger partial charge in [0.25, 0.3) is 0 Å². The lowest BCUT2D eigenvalue weighted by Gasteiger charge is -2.20. The smallest absolute Gasteiger partial charge is 0.314 e. The SMILES string of the molecule is O=C(O)C1CCCn2c(Cc3ccco3)nnc21. The zero-order chi connectivity index (χ0) is 12.5. The van der Waals surface area contributed by atoms with Crippen LogP contribution in [0.3, 0.4) is 0 Å². The van der Waals surface area contributed by atoms with E-state index in [1.165, 1.54) is 0 Å². The van der Waals surface area contributed by atoms with Gasteiger partial charge in [0, 0.05) is 6.54 Å². The Balaban J connectivity index is 1.92. The van der Waals surface area contributed by atoms with Crippen LogP contribution in [0.1, 0.15) is 36.2 Å². The fourth-order valence-electron chi connectivity index (χ4n) is 2.37.